The molecular formula is C29H38N2O4. The Morgan fingerprint density at radius 1 is 1.09 bits per heavy atom. The second-order valence-corrected chi connectivity index (χ2v) is 10.5. The average molecular weight is 479 g/mol. The van der Waals surface area contributed by atoms with Gasteiger partial charge in [-0.2, -0.15) is 0 Å². The van der Waals surface area contributed by atoms with E-state index in [1.807, 2.05) is 63.2 Å². The normalized spacial score (nSPS) is 17.9. The Hall–Kier alpha value is -3.12. The number of aliphatic hydroxyl groups excluding tert-OH is 1. The third-order valence-corrected chi connectivity index (χ3v) is 6.35. The summed E-state index contributed by atoms with van der Waals surface area (Å²) in [6.45, 7) is 11.9. The molecule has 0 aliphatic carbocycles. The SMILES string of the molecule is CCCOc1ccc(/C(O)=C2\C(=O)C(=O)N(CCN(C)C)C2c2ccc(C(C)(C)C)cc2)c(C)c1. The van der Waals surface area contributed by atoms with Crippen molar-refractivity contribution in [2.45, 2.75) is 52.5 Å². The van der Waals surface area contributed by atoms with Crippen molar-refractivity contribution in [3.8, 4) is 5.75 Å². The van der Waals surface area contributed by atoms with E-state index in [1.165, 1.54) is 0 Å². The number of hydrogen-bond donors (Lipinski definition) is 1. The molecule has 1 aliphatic rings. The van der Waals surface area contributed by atoms with Gasteiger partial charge in [0.15, 0.2) is 0 Å². The molecule has 2 aromatic rings. The van der Waals surface area contributed by atoms with Gasteiger partial charge in [0.05, 0.1) is 18.2 Å². The van der Waals surface area contributed by atoms with Gasteiger partial charge in [0.1, 0.15) is 11.5 Å². The number of ketones is 1. The molecule has 0 saturated carbocycles. The van der Waals surface area contributed by atoms with Crippen LogP contribution < -0.4 is 4.74 Å². The highest BCUT2D eigenvalue weighted by atomic mass is 16.5. The van der Waals surface area contributed by atoms with Gasteiger partial charge < -0.3 is 19.6 Å². The molecule has 0 radical (unpaired) electrons. The lowest BCUT2D eigenvalue weighted by Gasteiger charge is -2.27. The summed E-state index contributed by atoms with van der Waals surface area (Å²) in [6.07, 6.45) is 0.894. The molecule has 35 heavy (non-hydrogen) atoms. The summed E-state index contributed by atoms with van der Waals surface area (Å²) in [4.78, 5) is 29.9. The van der Waals surface area contributed by atoms with Crippen molar-refractivity contribution in [3.63, 3.8) is 0 Å². The zero-order chi connectivity index (χ0) is 25.9. The van der Waals surface area contributed by atoms with Crippen molar-refractivity contribution in [3.05, 3.63) is 70.3 Å². The van der Waals surface area contributed by atoms with Crippen LogP contribution in [0, 0.1) is 6.92 Å². The predicted octanol–water partition coefficient (Wildman–Crippen LogP) is 5.06. The quantitative estimate of drug-likeness (QED) is 0.326. The van der Waals surface area contributed by atoms with Crippen molar-refractivity contribution in [1.82, 2.24) is 9.80 Å². The van der Waals surface area contributed by atoms with E-state index < -0.39 is 17.7 Å². The Kier molecular flexibility index (Phi) is 8.06. The Morgan fingerprint density at radius 2 is 1.74 bits per heavy atom. The summed E-state index contributed by atoms with van der Waals surface area (Å²) in [6, 6.07) is 12.7. The van der Waals surface area contributed by atoms with Gasteiger partial charge in [-0.15, -0.1) is 0 Å². The number of hydrogen-bond acceptors (Lipinski definition) is 5. The van der Waals surface area contributed by atoms with Crippen LogP contribution in [0.25, 0.3) is 5.76 Å². The van der Waals surface area contributed by atoms with E-state index in [0.29, 0.717) is 31.0 Å². The maximum absolute atomic E-state index is 13.3. The summed E-state index contributed by atoms with van der Waals surface area (Å²) >= 11 is 0. The van der Waals surface area contributed by atoms with Gasteiger partial charge in [-0.25, -0.2) is 0 Å². The smallest absolute Gasteiger partial charge is 0.295 e. The molecule has 188 valence electrons. The van der Waals surface area contributed by atoms with Crippen molar-refractivity contribution in [2.24, 2.45) is 0 Å². The van der Waals surface area contributed by atoms with E-state index in [-0.39, 0.29) is 16.7 Å². The number of aliphatic hydroxyl groups is 1. The highest BCUT2D eigenvalue weighted by molar-refractivity contribution is 6.46. The van der Waals surface area contributed by atoms with Crippen molar-refractivity contribution in [2.75, 3.05) is 33.8 Å². The molecule has 0 spiro atoms. The summed E-state index contributed by atoms with van der Waals surface area (Å²) in [7, 11) is 3.85. The first-order valence-electron chi connectivity index (χ1n) is 12.2. The first kappa shape index (κ1) is 26.5. The van der Waals surface area contributed by atoms with Crippen LogP contribution in [0.2, 0.25) is 0 Å². The number of benzene rings is 2. The second-order valence-electron chi connectivity index (χ2n) is 10.5. The minimum absolute atomic E-state index is 0.0238. The van der Waals surface area contributed by atoms with E-state index >= 15 is 0 Å². The molecule has 0 aromatic heterocycles. The Labute approximate surface area is 209 Å². The van der Waals surface area contributed by atoms with Gasteiger partial charge in [0.25, 0.3) is 11.7 Å². The van der Waals surface area contributed by atoms with E-state index in [9.17, 15) is 14.7 Å². The number of carbonyl (C=O) groups is 2. The number of rotatable bonds is 8. The zero-order valence-corrected chi connectivity index (χ0v) is 22.0. The Morgan fingerprint density at radius 3 is 2.29 bits per heavy atom. The number of likely N-dealkylation sites (tertiary alicyclic amines) is 1. The zero-order valence-electron chi connectivity index (χ0n) is 22.0. The Balaban J connectivity index is 2.12. The molecule has 0 bridgehead atoms. The second kappa shape index (κ2) is 10.6. The largest absolute Gasteiger partial charge is 0.507 e. The number of Topliss-reactive ketones (excluding diaryl/α,β-unsaturated/α-hetero) is 1. The fraction of sp³-hybridized carbons (Fsp3) is 0.448. The van der Waals surface area contributed by atoms with Gasteiger partial charge in [-0.3, -0.25) is 9.59 Å². The number of likely N-dealkylation sites (N-methyl/N-ethyl adjacent to an activating group) is 1. The lowest BCUT2D eigenvalue weighted by molar-refractivity contribution is -0.140. The summed E-state index contributed by atoms with van der Waals surface area (Å²) in [5.74, 6) is -0.683. The van der Waals surface area contributed by atoms with E-state index in [1.54, 1.807) is 17.0 Å². The fourth-order valence-corrected chi connectivity index (χ4v) is 4.29. The van der Waals surface area contributed by atoms with E-state index in [0.717, 1.165) is 23.1 Å². The molecule has 3 rings (SSSR count). The van der Waals surface area contributed by atoms with Crippen molar-refractivity contribution in [1.29, 1.82) is 0 Å². The predicted molar refractivity (Wildman–Crippen MR) is 140 cm³/mol. The van der Waals surface area contributed by atoms with E-state index in [4.69, 9.17) is 4.74 Å². The molecule has 1 unspecified atom stereocenters. The number of nitrogens with zero attached hydrogens (tertiary/aromatic N) is 2. The van der Waals surface area contributed by atoms with E-state index in [2.05, 4.69) is 20.8 Å². The molecule has 6 nitrogen and oxygen atoms in total. The maximum atomic E-state index is 13.3. The first-order chi connectivity index (χ1) is 16.5. The van der Waals surface area contributed by atoms with Crippen LogP contribution in [-0.4, -0.2) is 60.4 Å². The topological polar surface area (TPSA) is 70.1 Å². The standard InChI is InChI=1S/C29H38N2O4/c1-8-17-35-22-13-14-23(19(2)18-22)26(32)24-25(20-9-11-21(12-10-20)29(3,4)5)31(16-15-30(6)7)28(34)27(24)33/h9-14,18,25,32H,8,15-17H2,1-7H3/b26-24+. The van der Waals surface area contributed by atoms with Crippen LogP contribution >= 0.6 is 0 Å². The maximum Gasteiger partial charge on any atom is 0.295 e. The number of ether oxygens (including phenoxy) is 1. The van der Waals surface area contributed by atoms with Crippen LogP contribution in [0.4, 0.5) is 0 Å². The van der Waals surface area contributed by atoms with Crippen molar-refractivity contribution < 1.29 is 19.4 Å². The molecule has 1 saturated heterocycles. The number of aryl methyl sites for hydroxylation is 1. The lowest BCUT2D eigenvalue weighted by Crippen LogP contribution is -2.35. The number of carbonyl (C=O) groups excluding carboxylic acids is 2. The summed E-state index contributed by atoms with van der Waals surface area (Å²) < 4.78 is 5.70. The molecular weight excluding hydrogens is 440 g/mol. The molecule has 1 N–H and O–H groups in total. The van der Waals surface area contributed by atoms with Gasteiger partial charge in [-0.1, -0.05) is 52.0 Å². The molecule has 1 atom stereocenters. The highest BCUT2D eigenvalue weighted by Gasteiger charge is 2.46. The third kappa shape index (κ3) is 5.76. The van der Waals surface area contributed by atoms with Gasteiger partial charge in [0, 0.05) is 18.7 Å². The van der Waals surface area contributed by atoms with Gasteiger partial charge in [-0.05, 0) is 67.7 Å². The molecule has 2 aromatic carbocycles. The van der Waals surface area contributed by atoms with Crippen LogP contribution in [0.15, 0.2) is 48.0 Å². The van der Waals surface area contributed by atoms with Crippen LogP contribution in [0.5, 0.6) is 5.75 Å². The number of amides is 1. The minimum Gasteiger partial charge on any atom is -0.507 e. The minimum atomic E-state index is -0.656. The molecule has 1 fully saturated rings. The first-order valence-corrected chi connectivity index (χ1v) is 12.2. The highest BCUT2D eigenvalue weighted by Crippen LogP contribution is 2.40. The molecule has 1 aliphatic heterocycles. The van der Waals surface area contributed by atoms with Crippen LogP contribution in [0.1, 0.15) is 62.4 Å². The Bertz CT molecular complexity index is 1110. The van der Waals surface area contributed by atoms with Crippen molar-refractivity contribution >= 4 is 17.4 Å². The molecule has 6 heteroatoms. The summed E-state index contributed by atoms with van der Waals surface area (Å²) in [5.41, 5.74) is 3.36. The van der Waals surface area contributed by atoms with Gasteiger partial charge in [0.2, 0.25) is 0 Å². The fourth-order valence-electron chi connectivity index (χ4n) is 4.29. The van der Waals surface area contributed by atoms with Crippen LogP contribution in [0.3, 0.4) is 0 Å². The molecule has 1 heterocycles. The average Bonchev–Trinajstić information content (AvgIpc) is 3.05. The van der Waals surface area contributed by atoms with Gasteiger partial charge >= 0.3 is 0 Å². The summed E-state index contributed by atoms with van der Waals surface area (Å²) in [5, 5.41) is 11.4. The molecule has 1 amide bonds. The monoisotopic (exact) mass is 478 g/mol. The van der Waals surface area contributed by atoms with Crippen LogP contribution in [-0.2, 0) is 15.0 Å². The lowest BCUT2D eigenvalue weighted by atomic mass is 9.85. The third-order valence-electron chi connectivity index (χ3n) is 6.35.